The molecule has 0 amide bonds. The van der Waals surface area contributed by atoms with Crippen LogP contribution in [0.2, 0.25) is 0 Å². The third-order valence-electron chi connectivity index (χ3n) is 4.05. The van der Waals surface area contributed by atoms with Gasteiger partial charge in [-0.15, -0.1) is 0 Å². The first kappa shape index (κ1) is 26.1. The molecule has 0 aliphatic rings. The van der Waals surface area contributed by atoms with Gasteiger partial charge in [0.25, 0.3) is 10.1 Å². The van der Waals surface area contributed by atoms with E-state index in [-0.39, 0.29) is 4.90 Å². The number of unbranched alkanes of at least 4 members (excludes halogenated alkanes) is 9. The zero-order chi connectivity index (χ0) is 20.8. The zero-order valence-corrected chi connectivity index (χ0v) is 19.0. The van der Waals surface area contributed by atoms with Gasteiger partial charge in [0.05, 0.1) is 33.1 Å². The van der Waals surface area contributed by atoms with Crippen molar-refractivity contribution in [2.45, 2.75) is 82.4 Å². The lowest BCUT2D eigenvalue weighted by molar-refractivity contribution is -0.849. The Labute approximate surface area is 168 Å². The second-order valence-electron chi connectivity index (χ2n) is 8.70. The predicted octanol–water partition coefficient (Wildman–Crippen LogP) is 5.72. The molecule has 5 heteroatoms. The molecule has 0 spiro atoms. The Kier molecular flexibility index (Phi) is 13.7. The molecule has 0 heterocycles. The van der Waals surface area contributed by atoms with Gasteiger partial charge in [0.1, 0.15) is 0 Å². The van der Waals surface area contributed by atoms with Gasteiger partial charge in [0.15, 0.2) is 0 Å². The smallest absolute Gasteiger partial charge is 0.294 e. The molecule has 4 nitrogen and oxygen atoms in total. The number of aryl methyl sites for hydroxylation is 1. The molecule has 1 aromatic carbocycles. The fourth-order valence-electron chi connectivity index (χ4n) is 2.76. The van der Waals surface area contributed by atoms with Gasteiger partial charge in [-0.2, -0.15) is 8.42 Å². The number of benzene rings is 1. The summed E-state index contributed by atoms with van der Waals surface area (Å²) in [6.07, 6.45) is 13.3. The Bertz CT molecular complexity index is 586. The van der Waals surface area contributed by atoms with Gasteiger partial charge >= 0.3 is 0 Å². The molecule has 0 radical (unpaired) electrons. The van der Waals surface area contributed by atoms with Gasteiger partial charge in [-0.3, -0.25) is 4.55 Å². The van der Waals surface area contributed by atoms with E-state index in [1.54, 1.807) is 12.1 Å². The van der Waals surface area contributed by atoms with E-state index in [2.05, 4.69) is 35.1 Å². The Morgan fingerprint density at radius 2 is 1.19 bits per heavy atom. The molecular formula is C22H42NO3S+. The molecule has 1 aromatic rings. The second kappa shape index (κ2) is 14.1. The van der Waals surface area contributed by atoms with Gasteiger partial charge < -0.3 is 4.48 Å². The monoisotopic (exact) mass is 400 g/mol. The van der Waals surface area contributed by atoms with E-state index in [0.29, 0.717) is 6.42 Å². The van der Waals surface area contributed by atoms with E-state index in [0.717, 1.165) is 22.9 Å². The van der Waals surface area contributed by atoms with Crippen LogP contribution in [0.4, 0.5) is 0 Å². The summed E-state index contributed by atoms with van der Waals surface area (Å²) in [5.74, 6) is 0. The molecule has 27 heavy (non-hydrogen) atoms. The molecule has 0 aliphatic carbocycles. The summed E-state index contributed by atoms with van der Waals surface area (Å²) in [5.41, 5.74) is 0.726. The second-order valence-corrected chi connectivity index (χ2v) is 10.1. The molecule has 0 fully saturated rings. The molecule has 1 rings (SSSR count). The summed E-state index contributed by atoms with van der Waals surface area (Å²) >= 11 is 0. The van der Waals surface area contributed by atoms with Crippen molar-refractivity contribution in [2.75, 3.05) is 28.2 Å². The highest BCUT2D eigenvalue weighted by atomic mass is 32.2. The van der Waals surface area contributed by atoms with Crippen LogP contribution in [0.1, 0.15) is 76.7 Å². The third kappa shape index (κ3) is 17.0. The number of rotatable bonds is 12. The van der Waals surface area contributed by atoms with Gasteiger partial charge in [-0.05, 0) is 24.5 Å². The van der Waals surface area contributed by atoms with E-state index >= 15 is 0 Å². The van der Waals surface area contributed by atoms with Crippen molar-refractivity contribution in [3.63, 3.8) is 0 Å². The maximum Gasteiger partial charge on any atom is 0.294 e. The topological polar surface area (TPSA) is 54.4 Å². The van der Waals surface area contributed by atoms with Crippen molar-refractivity contribution in [1.82, 2.24) is 0 Å². The molecule has 0 atom stereocenters. The molecule has 0 bridgehead atoms. The number of hydrogen-bond acceptors (Lipinski definition) is 2. The number of quaternary nitrogens is 1. The first-order valence-corrected chi connectivity index (χ1v) is 11.8. The lowest BCUT2D eigenvalue weighted by Gasteiger charge is -2.14. The maximum atomic E-state index is 11.3. The summed E-state index contributed by atoms with van der Waals surface area (Å²) in [5, 5.41) is 0. The van der Waals surface area contributed by atoms with Gasteiger partial charge in [0.2, 0.25) is 0 Å². The molecule has 0 saturated carbocycles. The number of hydrogen-bond donors (Lipinski definition) is 1. The normalized spacial score (nSPS) is 11.8. The first-order valence-electron chi connectivity index (χ1n) is 10.4. The Morgan fingerprint density at radius 3 is 1.63 bits per heavy atom. The Hall–Kier alpha value is -0.910. The van der Waals surface area contributed by atoms with Crippen molar-refractivity contribution in [3.05, 3.63) is 29.8 Å². The third-order valence-corrected chi connectivity index (χ3v) is 5.00. The zero-order valence-electron chi connectivity index (χ0n) is 18.2. The summed E-state index contributed by atoms with van der Waals surface area (Å²) in [6.45, 7) is 2.24. The van der Waals surface area contributed by atoms with Crippen LogP contribution in [0.15, 0.2) is 29.2 Å². The molecule has 0 saturated heterocycles. The molecular weight excluding hydrogens is 358 g/mol. The Morgan fingerprint density at radius 1 is 0.778 bits per heavy atom. The van der Waals surface area contributed by atoms with E-state index < -0.39 is 10.1 Å². The minimum atomic E-state index is -4.10. The Balaban J connectivity index is 0.00000119. The average Bonchev–Trinajstić information content (AvgIpc) is 2.54. The van der Waals surface area contributed by atoms with E-state index in [1.807, 2.05) is 6.07 Å². The lowest BCUT2D eigenvalue weighted by Crippen LogP contribution is -2.27. The molecule has 1 N–H and O–H groups in total. The van der Waals surface area contributed by atoms with Crippen LogP contribution < -0.4 is 0 Å². The largest absolute Gasteiger partial charge is 0.333 e. The summed E-state index contributed by atoms with van der Waals surface area (Å²) in [6, 6.07) is 6.73. The van der Waals surface area contributed by atoms with Crippen LogP contribution in [0.3, 0.4) is 0 Å². The van der Waals surface area contributed by atoms with Crippen molar-refractivity contribution in [3.8, 4) is 0 Å². The molecule has 0 aliphatic heterocycles. The van der Waals surface area contributed by atoms with Crippen molar-refractivity contribution < 1.29 is 17.5 Å². The van der Waals surface area contributed by atoms with Gasteiger partial charge in [-0.1, -0.05) is 82.9 Å². The lowest BCUT2D eigenvalue weighted by atomic mass is 10.0. The van der Waals surface area contributed by atoms with E-state index in [1.165, 1.54) is 57.4 Å². The summed E-state index contributed by atoms with van der Waals surface area (Å²) < 4.78 is 32.8. The van der Waals surface area contributed by atoms with Crippen LogP contribution in [0, 0.1) is 0 Å². The minimum absolute atomic E-state index is 0.0610. The van der Waals surface area contributed by atoms with Gasteiger partial charge in [-0.25, -0.2) is 0 Å². The van der Waals surface area contributed by atoms with Gasteiger partial charge in [0, 0.05) is 0 Å². The van der Waals surface area contributed by atoms with Crippen molar-refractivity contribution in [1.29, 1.82) is 0 Å². The highest BCUT2D eigenvalue weighted by Crippen LogP contribution is 2.18. The molecule has 158 valence electrons. The van der Waals surface area contributed by atoms with Crippen LogP contribution >= 0.6 is 0 Å². The quantitative estimate of drug-likeness (QED) is 0.277. The molecule has 0 aromatic heterocycles. The molecule has 0 unspecified atom stereocenters. The predicted molar refractivity (Wildman–Crippen MR) is 116 cm³/mol. The number of nitrogens with zero attached hydrogens (tertiary/aromatic N) is 1. The van der Waals surface area contributed by atoms with Crippen molar-refractivity contribution in [2.24, 2.45) is 0 Å². The summed E-state index contributed by atoms with van der Waals surface area (Å²) in [7, 11) is 4.40. The average molecular weight is 401 g/mol. The summed E-state index contributed by atoms with van der Waals surface area (Å²) in [4.78, 5) is 0.0610. The fraction of sp³-hybridized carbons (Fsp3) is 0.727. The maximum absolute atomic E-state index is 11.3. The van der Waals surface area contributed by atoms with Crippen LogP contribution in [0.25, 0.3) is 0 Å². The standard InChI is InChI=1S/C18H30O3S.C4H12N/c1-2-3-4-5-6-7-8-9-10-11-14-17-15-12-13-16-18(17)22(19,20)21;1-5(2,3)4/h12-13,15-16H,2-11,14H2,1H3,(H,19,20,21);1-4H3/q;+1. The van der Waals surface area contributed by atoms with Crippen LogP contribution in [-0.2, 0) is 16.5 Å². The van der Waals surface area contributed by atoms with E-state index in [9.17, 15) is 13.0 Å². The van der Waals surface area contributed by atoms with Crippen LogP contribution in [0.5, 0.6) is 0 Å². The first-order chi connectivity index (χ1) is 12.6. The van der Waals surface area contributed by atoms with Crippen LogP contribution in [-0.4, -0.2) is 45.6 Å². The van der Waals surface area contributed by atoms with Crippen molar-refractivity contribution >= 4 is 10.1 Å². The fourth-order valence-corrected chi connectivity index (χ4v) is 3.52. The highest BCUT2D eigenvalue weighted by molar-refractivity contribution is 7.85. The minimum Gasteiger partial charge on any atom is -0.333 e. The highest BCUT2D eigenvalue weighted by Gasteiger charge is 2.13. The SMILES string of the molecule is CCCCCCCCCCCCc1ccccc1S(=O)(=O)O.C[N+](C)(C)C. The van der Waals surface area contributed by atoms with E-state index in [4.69, 9.17) is 0 Å².